The van der Waals surface area contributed by atoms with Crippen LogP contribution in [0.4, 0.5) is 4.79 Å². The minimum atomic E-state index is -0.462. The van der Waals surface area contributed by atoms with Crippen LogP contribution >= 0.6 is 15.9 Å². The zero-order valence-corrected chi connectivity index (χ0v) is 13.8. The third-order valence-corrected chi connectivity index (χ3v) is 3.79. The Bertz CT molecular complexity index is 686. The van der Waals surface area contributed by atoms with Crippen molar-refractivity contribution in [3.63, 3.8) is 0 Å². The van der Waals surface area contributed by atoms with Gasteiger partial charge in [0.1, 0.15) is 11.4 Å². The molecule has 1 aliphatic rings. The molecule has 1 amide bonds. The van der Waals surface area contributed by atoms with Crippen LogP contribution in [0.15, 0.2) is 22.8 Å². The molecule has 1 saturated heterocycles. The summed E-state index contributed by atoms with van der Waals surface area (Å²) in [6, 6.07) is 3.87. The summed E-state index contributed by atoms with van der Waals surface area (Å²) in [5.74, 6) is 1.09. The van der Waals surface area contributed by atoms with Gasteiger partial charge in [0.05, 0.1) is 5.92 Å². The summed E-state index contributed by atoms with van der Waals surface area (Å²) in [5.41, 5.74) is 0.339. The van der Waals surface area contributed by atoms with Crippen LogP contribution in [0.1, 0.15) is 32.5 Å². The number of carbonyl (C=O) groups is 1. The molecule has 7 heteroatoms. The molecule has 0 bridgehead atoms. The molecule has 0 saturated carbocycles. The van der Waals surface area contributed by atoms with Crippen molar-refractivity contribution >= 4 is 27.7 Å². The third kappa shape index (κ3) is 2.88. The number of ether oxygens (including phenoxy) is 1. The van der Waals surface area contributed by atoms with Crippen molar-refractivity contribution in [3.05, 3.63) is 28.6 Å². The first-order valence-corrected chi connectivity index (χ1v) is 7.61. The Hall–Kier alpha value is -1.63. The van der Waals surface area contributed by atoms with E-state index in [0.29, 0.717) is 13.1 Å². The normalized spacial score (nSPS) is 16.1. The maximum atomic E-state index is 11.9. The van der Waals surface area contributed by atoms with E-state index in [0.717, 1.165) is 15.9 Å². The SMILES string of the molecule is CC(C)(C)OC(=O)N1CC(c2nnc3cc(Br)ccn23)C1. The van der Waals surface area contributed by atoms with Crippen LogP contribution in [0.5, 0.6) is 0 Å². The van der Waals surface area contributed by atoms with Crippen LogP contribution in [0.25, 0.3) is 5.65 Å². The Morgan fingerprint density at radius 1 is 1.38 bits per heavy atom. The Morgan fingerprint density at radius 2 is 2.10 bits per heavy atom. The van der Waals surface area contributed by atoms with E-state index in [1.807, 2.05) is 43.5 Å². The van der Waals surface area contributed by atoms with Gasteiger partial charge in [-0.05, 0) is 32.9 Å². The largest absolute Gasteiger partial charge is 0.444 e. The van der Waals surface area contributed by atoms with E-state index in [4.69, 9.17) is 4.74 Å². The van der Waals surface area contributed by atoms with Crippen molar-refractivity contribution in [2.75, 3.05) is 13.1 Å². The fourth-order valence-electron chi connectivity index (χ4n) is 2.28. The van der Waals surface area contributed by atoms with E-state index in [1.165, 1.54) is 0 Å². The Labute approximate surface area is 131 Å². The predicted octanol–water partition coefficient (Wildman–Crippen LogP) is 2.83. The summed E-state index contributed by atoms with van der Waals surface area (Å²) in [4.78, 5) is 13.6. The first-order valence-electron chi connectivity index (χ1n) is 6.81. The molecule has 0 aliphatic carbocycles. The van der Waals surface area contributed by atoms with Crippen molar-refractivity contribution < 1.29 is 9.53 Å². The van der Waals surface area contributed by atoms with E-state index in [9.17, 15) is 4.79 Å². The number of carbonyl (C=O) groups excluding carboxylic acids is 1. The van der Waals surface area contributed by atoms with Crippen molar-refractivity contribution in [1.29, 1.82) is 0 Å². The minimum Gasteiger partial charge on any atom is -0.444 e. The molecule has 0 unspecified atom stereocenters. The van der Waals surface area contributed by atoms with Crippen LogP contribution in [-0.4, -0.2) is 44.3 Å². The molecule has 1 fully saturated rings. The predicted molar refractivity (Wildman–Crippen MR) is 81.2 cm³/mol. The number of hydrogen-bond donors (Lipinski definition) is 0. The van der Waals surface area contributed by atoms with Gasteiger partial charge >= 0.3 is 6.09 Å². The topological polar surface area (TPSA) is 59.7 Å². The number of fused-ring (bicyclic) bond motifs is 1. The molecule has 2 aromatic heterocycles. The lowest BCUT2D eigenvalue weighted by Gasteiger charge is -2.38. The number of rotatable bonds is 1. The first kappa shape index (κ1) is 14.3. The summed E-state index contributed by atoms with van der Waals surface area (Å²) < 4.78 is 8.28. The lowest BCUT2D eigenvalue weighted by atomic mass is 10.00. The Balaban J connectivity index is 1.69. The highest BCUT2D eigenvalue weighted by Gasteiger charge is 2.37. The molecule has 0 atom stereocenters. The summed E-state index contributed by atoms with van der Waals surface area (Å²) >= 11 is 3.42. The highest BCUT2D eigenvalue weighted by atomic mass is 79.9. The van der Waals surface area contributed by atoms with E-state index in [2.05, 4.69) is 26.1 Å². The summed E-state index contributed by atoms with van der Waals surface area (Å²) in [7, 11) is 0. The van der Waals surface area contributed by atoms with Gasteiger partial charge in [-0.3, -0.25) is 4.40 Å². The number of pyridine rings is 1. The monoisotopic (exact) mass is 352 g/mol. The van der Waals surface area contributed by atoms with Crippen molar-refractivity contribution in [2.45, 2.75) is 32.3 Å². The lowest BCUT2D eigenvalue weighted by Crippen LogP contribution is -2.50. The van der Waals surface area contributed by atoms with E-state index >= 15 is 0 Å². The van der Waals surface area contributed by atoms with Crippen LogP contribution in [0, 0.1) is 0 Å². The van der Waals surface area contributed by atoms with E-state index in [1.54, 1.807) is 4.90 Å². The van der Waals surface area contributed by atoms with Crippen LogP contribution < -0.4 is 0 Å². The number of nitrogens with zero attached hydrogens (tertiary/aromatic N) is 4. The molecule has 0 aromatic carbocycles. The lowest BCUT2D eigenvalue weighted by molar-refractivity contribution is 0.00744. The summed E-state index contributed by atoms with van der Waals surface area (Å²) in [6.45, 7) is 6.84. The van der Waals surface area contributed by atoms with Gasteiger partial charge in [0.2, 0.25) is 0 Å². The zero-order chi connectivity index (χ0) is 15.2. The number of amides is 1. The molecule has 21 heavy (non-hydrogen) atoms. The Morgan fingerprint density at radius 3 is 2.76 bits per heavy atom. The molecular formula is C14H17BrN4O2. The standard InChI is InChI=1S/C14H17BrN4O2/c1-14(2,3)21-13(20)18-7-9(8-18)12-17-16-11-6-10(15)4-5-19(11)12/h4-6,9H,7-8H2,1-3H3. The number of likely N-dealkylation sites (tertiary alicyclic amines) is 1. The van der Waals surface area contributed by atoms with Gasteiger partial charge in [0.25, 0.3) is 0 Å². The molecule has 0 N–H and O–H groups in total. The van der Waals surface area contributed by atoms with Gasteiger partial charge in [-0.1, -0.05) is 15.9 Å². The summed E-state index contributed by atoms with van der Waals surface area (Å²) in [5, 5.41) is 8.40. The second-order valence-corrected chi connectivity index (χ2v) is 7.13. The van der Waals surface area contributed by atoms with E-state index < -0.39 is 5.60 Å². The van der Waals surface area contributed by atoms with Crippen molar-refractivity contribution in [1.82, 2.24) is 19.5 Å². The molecule has 6 nitrogen and oxygen atoms in total. The third-order valence-electron chi connectivity index (χ3n) is 3.30. The summed E-state index contributed by atoms with van der Waals surface area (Å²) in [6.07, 6.45) is 1.67. The number of aromatic nitrogens is 3. The molecule has 0 radical (unpaired) electrons. The first-order chi connectivity index (χ1) is 9.83. The second-order valence-electron chi connectivity index (χ2n) is 6.21. The number of hydrogen-bond acceptors (Lipinski definition) is 4. The maximum Gasteiger partial charge on any atom is 0.410 e. The fourth-order valence-corrected chi connectivity index (χ4v) is 2.60. The van der Waals surface area contributed by atoms with Gasteiger partial charge in [-0.2, -0.15) is 0 Å². The molecular weight excluding hydrogens is 336 g/mol. The van der Waals surface area contributed by atoms with Crippen molar-refractivity contribution in [2.24, 2.45) is 0 Å². The zero-order valence-electron chi connectivity index (χ0n) is 12.2. The van der Waals surface area contributed by atoms with Crippen LogP contribution in [0.3, 0.4) is 0 Å². The Kier molecular flexibility index (Phi) is 3.39. The van der Waals surface area contributed by atoms with E-state index in [-0.39, 0.29) is 12.0 Å². The molecule has 0 spiro atoms. The van der Waals surface area contributed by atoms with Gasteiger partial charge in [0.15, 0.2) is 5.65 Å². The van der Waals surface area contributed by atoms with Crippen LogP contribution in [0.2, 0.25) is 0 Å². The molecule has 112 valence electrons. The van der Waals surface area contributed by atoms with Gasteiger partial charge < -0.3 is 9.64 Å². The molecule has 3 heterocycles. The average molecular weight is 353 g/mol. The molecule has 3 rings (SSSR count). The van der Waals surface area contributed by atoms with Gasteiger partial charge in [-0.25, -0.2) is 4.79 Å². The molecule has 2 aromatic rings. The highest BCUT2D eigenvalue weighted by Crippen LogP contribution is 2.28. The number of halogens is 1. The van der Waals surface area contributed by atoms with Crippen LogP contribution in [-0.2, 0) is 4.74 Å². The highest BCUT2D eigenvalue weighted by molar-refractivity contribution is 9.10. The molecule has 1 aliphatic heterocycles. The fraction of sp³-hybridized carbons (Fsp3) is 0.500. The van der Waals surface area contributed by atoms with Gasteiger partial charge in [-0.15, -0.1) is 10.2 Å². The average Bonchev–Trinajstić information content (AvgIpc) is 2.67. The second kappa shape index (κ2) is 4.98. The quantitative estimate of drug-likeness (QED) is 0.791. The maximum absolute atomic E-state index is 11.9. The van der Waals surface area contributed by atoms with Crippen molar-refractivity contribution in [3.8, 4) is 0 Å². The smallest absolute Gasteiger partial charge is 0.410 e. The minimum absolute atomic E-state index is 0.202. The van der Waals surface area contributed by atoms with Gasteiger partial charge in [0, 0.05) is 23.8 Å².